The molecule has 21 heavy (non-hydrogen) atoms. The zero-order chi connectivity index (χ0) is 14.7. The average molecular weight is 313 g/mol. The lowest BCUT2D eigenvalue weighted by atomic mass is 10.2. The van der Waals surface area contributed by atoms with Gasteiger partial charge in [0, 0.05) is 21.2 Å². The van der Waals surface area contributed by atoms with Crippen LogP contribution in [0, 0.1) is 11.8 Å². The summed E-state index contributed by atoms with van der Waals surface area (Å²) in [6.45, 7) is 0.302. The summed E-state index contributed by atoms with van der Waals surface area (Å²) >= 11 is 3.10. The lowest BCUT2D eigenvalue weighted by Crippen LogP contribution is -2.11. The minimum atomic E-state index is -0.153. The number of hydrogen-bond donors (Lipinski definition) is 2. The SMILES string of the molecule is NCC#Cc1ccnc(NC(=O)c2cc3sccc3s2)c1. The summed E-state index contributed by atoms with van der Waals surface area (Å²) in [5.41, 5.74) is 6.12. The molecule has 0 fully saturated rings. The zero-order valence-corrected chi connectivity index (χ0v) is 12.6. The summed E-state index contributed by atoms with van der Waals surface area (Å²) in [6, 6.07) is 7.43. The number of anilines is 1. The summed E-state index contributed by atoms with van der Waals surface area (Å²) < 4.78 is 2.25. The Morgan fingerprint density at radius 1 is 1.33 bits per heavy atom. The number of thiophene rings is 2. The van der Waals surface area contributed by atoms with Gasteiger partial charge in [0.05, 0.1) is 11.4 Å². The van der Waals surface area contributed by atoms with Gasteiger partial charge in [0.2, 0.25) is 0 Å². The van der Waals surface area contributed by atoms with E-state index in [9.17, 15) is 4.79 Å². The van der Waals surface area contributed by atoms with Crippen molar-refractivity contribution in [3.8, 4) is 11.8 Å². The molecule has 4 nitrogen and oxygen atoms in total. The van der Waals surface area contributed by atoms with Crippen molar-refractivity contribution in [3.05, 3.63) is 46.3 Å². The van der Waals surface area contributed by atoms with Gasteiger partial charge in [0.15, 0.2) is 0 Å². The molecule has 1 amide bonds. The van der Waals surface area contributed by atoms with Gasteiger partial charge in [0.1, 0.15) is 5.82 Å². The van der Waals surface area contributed by atoms with Crippen LogP contribution in [0.3, 0.4) is 0 Å². The molecule has 0 aliphatic rings. The summed E-state index contributed by atoms with van der Waals surface area (Å²) in [6.07, 6.45) is 1.61. The van der Waals surface area contributed by atoms with Crippen LogP contribution in [0.4, 0.5) is 5.82 Å². The maximum absolute atomic E-state index is 12.2. The minimum Gasteiger partial charge on any atom is -0.320 e. The predicted octanol–water partition coefficient (Wildman–Crippen LogP) is 2.92. The molecule has 0 unspecified atom stereocenters. The van der Waals surface area contributed by atoms with E-state index in [1.807, 2.05) is 17.5 Å². The van der Waals surface area contributed by atoms with Crippen molar-refractivity contribution < 1.29 is 4.79 Å². The van der Waals surface area contributed by atoms with Gasteiger partial charge in [-0.25, -0.2) is 4.98 Å². The van der Waals surface area contributed by atoms with Crippen molar-refractivity contribution in [2.45, 2.75) is 0 Å². The molecule has 0 aliphatic carbocycles. The van der Waals surface area contributed by atoms with Gasteiger partial charge in [-0.05, 0) is 29.6 Å². The van der Waals surface area contributed by atoms with Crippen LogP contribution in [-0.4, -0.2) is 17.4 Å². The lowest BCUT2D eigenvalue weighted by Gasteiger charge is -2.02. The number of pyridine rings is 1. The molecule has 0 radical (unpaired) electrons. The van der Waals surface area contributed by atoms with Gasteiger partial charge in [-0.1, -0.05) is 11.8 Å². The molecule has 0 saturated carbocycles. The van der Waals surface area contributed by atoms with E-state index in [2.05, 4.69) is 22.1 Å². The fourth-order valence-corrected chi connectivity index (χ4v) is 3.79. The second-order valence-corrected chi connectivity index (χ2v) is 6.18. The number of carbonyl (C=O) groups is 1. The number of rotatable bonds is 2. The average Bonchev–Trinajstić information content (AvgIpc) is 3.06. The van der Waals surface area contributed by atoms with Gasteiger partial charge in [-0.2, -0.15) is 0 Å². The van der Waals surface area contributed by atoms with Crippen molar-refractivity contribution in [2.75, 3.05) is 11.9 Å². The maximum Gasteiger partial charge on any atom is 0.266 e. The van der Waals surface area contributed by atoms with E-state index < -0.39 is 0 Å². The van der Waals surface area contributed by atoms with Crippen molar-refractivity contribution in [3.63, 3.8) is 0 Å². The maximum atomic E-state index is 12.2. The molecule has 6 heteroatoms. The van der Waals surface area contributed by atoms with Crippen molar-refractivity contribution in [1.82, 2.24) is 4.98 Å². The monoisotopic (exact) mass is 313 g/mol. The number of fused-ring (bicyclic) bond motifs is 1. The molecule has 0 aromatic carbocycles. The molecule has 3 aromatic rings. The number of hydrogen-bond acceptors (Lipinski definition) is 5. The summed E-state index contributed by atoms with van der Waals surface area (Å²) in [7, 11) is 0. The van der Waals surface area contributed by atoms with Gasteiger partial charge in [-0.15, -0.1) is 22.7 Å². The molecule has 104 valence electrons. The first-order valence-corrected chi connectivity index (χ1v) is 7.89. The Hall–Kier alpha value is -2.20. The first kappa shape index (κ1) is 13.8. The van der Waals surface area contributed by atoms with E-state index in [1.165, 1.54) is 11.3 Å². The highest BCUT2D eigenvalue weighted by molar-refractivity contribution is 7.27. The fourth-order valence-electron chi connectivity index (χ4n) is 1.79. The third-order valence-corrected chi connectivity index (χ3v) is 4.79. The van der Waals surface area contributed by atoms with E-state index in [0.29, 0.717) is 17.2 Å². The molecule has 3 aromatic heterocycles. The van der Waals surface area contributed by atoms with E-state index >= 15 is 0 Å². The first-order chi connectivity index (χ1) is 10.3. The predicted molar refractivity (Wildman–Crippen MR) is 87.8 cm³/mol. The standard InChI is InChI=1S/C15H11N3OS2/c16-5-1-2-10-3-6-17-14(8-10)18-15(19)13-9-12-11(21-13)4-7-20-12/h3-4,6-9H,5,16H2,(H,17,18,19). The topological polar surface area (TPSA) is 68.0 Å². The van der Waals surface area contributed by atoms with Crippen LogP contribution in [0.1, 0.15) is 15.2 Å². The van der Waals surface area contributed by atoms with Crippen LogP contribution in [-0.2, 0) is 0 Å². The Bertz CT molecular complexity index is 826. The van der Waals surface area contributed by atoms with Gasteiger partial charge in [0.25, 0.3) is 5.91 Å². The molecule has 0 spiro atoms. The van der Waals surface area contributed by atoms with Crippen LogP contribution < -0.4 is 11.1 Å². The van der Waals surface area contributed by atoms with E-state index in [1.54, 1.807) is 29.7 Å². The Morgan fingerprint density at radius 2 is 2.24 bits per heavy atom. The van der Waals surface area contributed by atoms with E-state index in [-0.39, 0.29) is 5.91 Å². The van der Waals surface area contributed by atoms with Crippen molar-refractivity contribution in [1.29, 1.82) is 0 Å². The summed E-state index contributed by atoms with van der Waals surface area (Å²) in [5.74, 6) is 6.02. The third kappa shape index (κ3) is 3.11. The number of nitrogens with two attached hydrogens (primary N) is 1. The molecule has 0 bridgehead atoms. The molecule has 0 atom stereocenters. The summed E-state index contributed by atoms with van der Waals surface area (Å²) in [5, 5.41) is 4.81. The van der Waals surface area contributed by atoms with Crippen LogP contribution in [0.25, 0.3) is 9.40 Å². The van der Waals surface area contributed by atoms with Crippen molar-refractivity contribution in [2.24, 2.45) is 5.73 Å². The van der Waals surface area contributed by atoms with Crippen LogP contribution in [0.15, 0.2) is 35.8 Å². The second-order valence-electron chi connectivity index (χ2n) is 4.15. The Morgan fingerprint density at radius 3 is 3.05 bits per heavy atom. The Balaban J connectivity index is 1.79. The molecule has 3 heterocycles. The number of amides is 1. The Kier molecular flexibility index (Phi) is 3.97. The van der Waals surface area contributed by atoms with Gasteiger partial charge in [-0.3, -0.25) is 4.79 Å². The molecular formula is C15H11N3OS2. The fraction of sp³-hybridized carbons (Fsp3) is 0.0667. The highest BCUT2D eigenvalue weighted by Gasteiger charge is 2.11. The van der Waals surface area contributed by atoms with E-state index in [0.717, 1.165) is 15.0 Å². The smallest absolute Gasteiger partial charge is 0.266 e. The second kappa shape index (κ2) is 6.06. The van der Waals surface area contributed by atoms with Gasteiger partial charge < -0.3 is 11.1 Å². The van der Waals surface area contributed by atoms with Crippen LogP contribution >= 0.6 is 22.7 Å². The largest absolute Gasteiger partial charge is 0.320 e. The molecule has 3 N–H and O–H groups in total. The van der Waals surface area contributed by atoms with Crippen LogP contribution in [0.5, 0.6) is 0 Å². The highest BCUT2D eigenvalue weighted by atomic mass is 32.1. The summed E-state index contributed by atoms with van der Waals surface area (Å²) in [4.78, 5) is 17.0. The number of aromatic nitrogens is 1. The number of nitrogens with zero attached hydrogens (tertiary/aromatic N) is 1. The van der Waals surface area contributed by atoms with E-state index in [4.69, 9.17) is 5.73 Å². The van der Waals surface area contributed by atoms with Crippen LogP contribution in [0.2, 0.25) is 0 Å². The van der Waals surface area contributed by atoms with Crippen molar-refractivity contribution >= 4 is 43.8 Å². The molecule has 0 saturated heterocycles. The molecular weight excluding hydrogens is 302 g/mol. The highest BCUT2D eigenvalue weighted by Crippen LogP contribution is 2.30. The number of nitrogens with one attached hydrogen (secondary N) is 1. The Labute approximate surface area is 129 Å². The minimum absolute atomic E-state index is 0.153. The lowest BCUT2D eigenvalue weighted by molar-refractivity contribution is 0.103. The zero-order valence-electron chi connectivity index (χ0n) is 10.9. The normalized spacial score (nSPS) is 10.1. The molecule has 3 rings (SSSR count). The molecule has 0 aliphatic heterocycles. The quantitative estimate of drug-likeness (QED) is 0.715. The third-order valence-electron chi connectivity index (χ3n) is 2.70. The van der Waals surface area contributed by atoms with Gasteiger partial charge >= 0.3 is 0 Å². The first-order valence-electron chi connectivity index (χ1n) is 6.19. The number of carbonyl (C=O) groups excluding carboxylic acids is 1.